The van der Waals surface area contributed by atoms with Crippen LogP contribution in [0.25, 0.3) is 55.3 Å². The zero-order valence-electron chi connectivity index (χ0n) is 19.9. The molecule has 1 fully saturated rings. The van der Waals surface area contributed by atoms with Gasteiger partial charge < -0.3 is 4.98 Å². The first kappa shape index (κ1) is 22.5. The predicted octanol–water partition coefficient (Wildman–Crippen LogP) is 6.33. The van der Waals surface area contributed by atoms with Gasteiger partial charge in [0.2, 0.25) is 0 Å². The van der Waals surface area contributed by atoms with Crippen LogP contribution in [0.3, 0.4) is 0 Å². The average molecular weight is 527 g/mol. The molecule has 0 aromatic carbocycles. The smallest absolute Gasteiger partial charge is 0.161 e. The summed E-state index contributed by atoms with van der Waals surface area (Å²) in [6.45, 7) is 3.23. The van der Waals surface area contributed by atoms with Crippen molar-refractivity contribution in [1.29, 1.82) is 0 Å². The Balaban J connectivity index is 1.26. The lowest BCUT2D eigenvalue weighted by molar-refractivity contribution is 0.220. The number of hydrogen-bond acceptors (Lipinski definition) is 7. The van der Waals surface area contributed by atoms with E-state index in [1.165, 1.54) is 36.2 Å². The standard InChI is InChI=1S/C27H23ClN8S/c28-23-7-6-22(37-23)18-13-30-14-21-24(18)33-27(32-21)26-25-20(34-35-26)5-4-19(31-25)17-10-16(11-29-12-17)15-36-8-2-1-3-9-36/h4-7,10-14H,1-3,8-9,15H2,(H,32,33)(H,34,35). The van der Waals surface area contributed by atoms with Crippen molar-refractivity contribution in [2.75, 3.05) is 13.1 Å². The average Bonchev–Trinajstić information content (AvgIpc) is 3.66. The Morgan fingerprint density at radius 1 is 0.892 bits per heavy atom. The number of rotatable bonds is 5. The predicted molar refractivity (Wildman–Crippen MR) is 147 cm³/mol. The first-order valence-corrected chi connectivity index (χ1v) is 13.5. The van der Waals surface area contributed by atoms with Gasteiger partial charge in [-0.3, -0.25) is 20.0 Å². The molecule has 0 amide bonds. The number of thiophene rings is 1. The Morgan fingerprint density at radius 3 is 2.65 bits per heavy atom. The highest BCUT2D eigenvalue weighted by atomic mass is 35.5. The summed E-state index contributed by atoms with van der Waals surface area (Å²) in [4.78, 5) is 25.7. The van der Waals surface area contributed by atoms with Gasteiger partial charge in [-0.15, -0.1) is 11.3 Å². The number of pyridine rings is 3. The second kappa shape index (κ2) is 9.33. The van der Waals surface area contributed by atoms with Gasteiger partial charge in [0.25, 0.3) is 0 Å². The maximum Gasteiger partial charge on any atom is 0.161 e. The van der Waals surface area contributed by atoms with Crippen molar-refractivity contribution >= 4 is 45.0 Å². The molecule has 1 saturated heterocycles. The van der Waals surface area contributed by atoms with Gasteiger partial charge in [0, 0.05) is 41.1 Å². The van der Waals surface area contributed by atoms with Crippen molar-refractivity contribution in [2.45, 2.75) is 25.8 Å². The van der Waals surface area contributed by atoms with Crippen LogP contribution in [0.1, 0.15) is 24.8 Å². The van der Waals surface area contributed by atoms with Gasteiger partial charge in [-0.05, 0) is 61.8 Å². The molecule has 0 saturated carbocycles. The van der Waals surface area contributed by atoms with Crippen LogP contribution in [-0.4, -0.2) is 53.1 Å². The number of halogens is 1. The molecule has 10 heteroatoms. The van der Waals surface area contributed by atoms with Gasteiger partial charge in [-0.1, -0.05) is 18.0 Å². The Hall–Kier alpha value is -3.66. The normalized spacial score (nSPS) is 14.6. The minimum Gasteiger partial charge on any atom is -0.335 e. The number of aromatic amines is 2. The van der Waals surface area contributed by atoms with E-state index in [0.29, 0.717) is 11.5 Å². The molecule has 0 aliphatic carbocycles. The van der Waals surface area contributed by atoms with Gasteiger partial charge >= 0.3 is 0 Å². The van der Waals surface area contributed by atoms with Crippen LogP contribution in [0, 0.1) is 0 Å². The topological polar surface area (TPSA) is 99.3 Å². The van der Waals surface area contributed by atoms with E-state index in [0.717, 1.165) is 67.7 Å². The lowest BCUT2D eigenvalue weighted by Gasteiger charge is -2.26. The number of piperidine rings is 1. The Kier molecular flexibility index (Phi) is 5.68. The molecule has 8 nitrogen and oxygen atoms in total. The van der Waals surface area contributed by atoms with E-state index in [9.17, 15) is 0 Å². The molecule has 0 spiro atoms. The maximum atomic E-state index is 6.18. The zero-order valence-corrected chi connectivity index (χ0v) is 21.5. The van der Waals surface area contributed by atoms with E-state index in [-0.39, 0.29) is 0 Å². The molecule has 2 N–H and O–H groups in total. The van der Waals surface area contributed by atoms with Gasteiger partial charge in [-0.2, -0.15) is 5.10 Å². The molecule has 184 valence electrons. The van der Waals surface area contributed by atoms with Gasteiger partial charge in [0.1, 0.15) is 11.0 Å². The molecule has 0 unspecified atom stereocenters. The van der Waals surface area contributed by atoms with Crippen molar-refractivity contribution in [3.63, 3.8) is 0 Å². The maximum absolute atomic E-state index is 6.18. The first-order chi connectivity index (χ1) is 18.2. The molecular formula is C27H23ClN8S. The van der Waals surface area contributed by atoms with E-state index in [1.807, 2.05) is 42.9 Å². The van der Waals surface area contributed by atoms with Crippen LogP contribution in [0.2, 0.25) is 4.34 Å². The lowest BCUT2D eigenvalue weighted by atomic mass is 10.1. The molecular weight excluding hydrogens is 504 g/mol. The lowest BCUT2D eigenvalue weighted by Crippen LogP contribution is -2.29. The second-order valence-electron chi connectivity index (χ2n) is 9.36. The van der Waals surface area contributed by atoms with E-state index in [4.69, 9.17) is 21.6 Å². The highest BCUT2D eigenvalue weighted by molar-refractivity contribution is 7.19. The van der Waals surface area contributed by atoms with Crippen molar-refractivity contribution in [2.24, 2.45) is 0 Å². The fourth-order valence-corrected chi connectivity index (χ4v) is 6.05. The summed E-state index contributed by atoms with van der Waals surface area (Å²) in [5.74, 6) is 0.639. The number of fused-ring (bicyclic) bond motifs is 2. The summed E-state index contributed by atoms with van der Waals surface area (Å²) >= 11 is 7.68. The van der Waals surface area contributed by atoms with Crippen LogP contribution < -0.4 is 0 Å². The summed E-state index contributed by atoms with van der Waals surface area (Å²) in [7, 11) is 0. The zero-order chi connectivity index (χ0) is 24.8. The molecule has 0 radical (unpaired) electrons. The summed E-state index contributed by atoms with van der Waals surface area (Å²) < 4.78 is 0.729. The summed E-state index contributed by atoms with van der Waals surface area (Å²) in [6.07, 6.45) is 11.3. The molecule has 7 rings (SSSR count). The van der Waals surface area contributed by atoms with Gasteiger partial charge in [-0.25, -0.2) is 9.97 Å². The molecule has 7 heterocycles. The number of aromatic nitrogens is 7. The molecule has 6 aromatic rings. The third kappa shape index (κ3) is 4.29. The molecule has 6 aromatic heterocycles. The third-order valence-corrected chi connectivity index (χ3v) is 8.07. The third-order valence-electron chi connectivity index (χ3n) is 6.81. The first-order valence-electron chi connectivity index (χ1n) is 12.3. The van der Waals surface area contributed by atoms with Crippen LogP contribution >= 0.6 is 22.9 Å². The molecule has 37 heavy (non-hydrogen) atoms. The number of H-pyrrole nitrogens is 2. The fourth-order valence-electron chi connectivity index (χ4n) is 5.00. The van der Waals surface area contributed by atoms with Crippen LogP contribution in [0.4, 0.5) is 0 Å². The largest absolute Gasteiger partial charge is 0.335 e. The van der Waals surface area contributed by atoms with Gasteiger partial charge in [0.05, 0.1) is 27.3 Å². The van der Waals surface area contributed by atoms with Crippen LogP contribution in [-0.2, 0) is 6.54 Å². The number of nitrogens with one attached hydrogen (secondary N) is 2. The van der Waals surface area contributed by atoms with E-state index in [1.54, 1.807) is 6.20 Å². The summed E-state index contributed by atoms with van der Waals surface area (Å²) in [5, 5.41) is 7.65. The van der Waals surface area contributed by atoms with Gasteiger partial charge in [0.15, 0.2) is 11.5 Å². The van der Waals surface area contributed by atoms with Crippen molar-refractivity contribution in [3.05, 3.63) is 65.0 Å². The van der Waals surface area contributed by atoms with Crippen molar-refractivity contribution < 1.29 is 0 Å². The quantitative estimate of drug-likeness (QED) is 0.272. The van der Waals surface area contributed by atoms with Crippen LogP contribution in [0.5, 0.6) is 0 Å². The highest BCUT2D eigenvalue weighted by Crippen LogP contribution is 2.35. The van der Waals surface area contributed by atoms with Crippen molar-refractivity contribution in [3.8, 4) is 33.2 Å². The number of hydrogen-bond donors (Lipinski definition) is 2. The van der Waals surface area contributed by atoms with Crippen LogP contribution in [0.15, 0.2) is 55.1 Å². The number of likely N-dealkylation sites (tertiary alicyclic amines) is 1. The minimum atomic E-state index is 0.639. The summed E-state index contributed by atoms with van der Waals surface area (Å²) in [5.41, 5.74) is 7.92. The molecule has 1 aliphatic rings. The second-order valence-corrected chi connectivity index (χ2v) is 11.1. The van der Waals surface area contributed by atoms with E-state index in [2.05, 4.69) is 36.1 Å². The van der Waals surface area contributed by atoms with E-state index >= 15 is 0 Å². The minimum absolute atomic E-state index is 0.639. The highest BCUT2D eigenvalue weighted by Gasteiger charge is 2.18. The molecule has 0 atom stereocenters. The fraction of sp³-hybridized carbons (Fsp3) is 0.222. The Morgan fingerprint density at radius 2 is 1.78 bits per heavy atom. The summed E-state index contributed by atoms with van der Waals surface area (Å²) in [6, 6.07) is 10.1. The van der Waals surface area contributed by atoms with E-state index < -0.39 is 0 Å². The molecule has 1 aliphatic heterocycles. The Bertz CT molecular complexity index is 1730. The van der Waals surface area contributed by atoms with Crippen molar-refractivity contribution in [1.82, 2.24) is 40.0 Å². The number of nitrogens with zero attached hydrogens (tertiary/aromatic N) is 6. The Labute approximate surface area is 221 Å². The SMILES string of the molecule is Clc1ccc(-c2cncc3[nH]c(-c4n[nH]c5ccc(-c6cncc(CN7CCCCC7)c6)nc45)nc23)s1. The molecule has 0 bridgehead atoms. The number of imidazole rings is 1. The monoisotopic (exact) mass is 526 g/mol.